The van der Waals surface area contributed by atoms with Crippen LogP contribution in [0, 0.1) is 54.8 Å². The molecule has 0 atom stereocenters. The van der Waals surface area contributed by atoms with Crippen molar-refractivity contribution in [1.29, 1.82) is 15.8 Å². The van der Waals surface area contributed by atoms with Crippen LogP contribution in [-0.2, 0) is 19.5 Å². The van der Waals surface area contributed by atoms with Crippen molar-refractivity contribution in [2.24, 2.45) is 0 Å². The number of likely N-dealkylation sites (tertiary alicyclic amines) is 3. The Kier molecular flexibility index (Phi) is 7.85. The molecule has 0 saturated carbocycles. The predicted molar refractivity (Wildman–Crippen MR) is 331 cm³/mol. The molecule has 0 bridgehead atoms. The van der Waals surface area contributed by atoms with E-state index in [4.69, 9.17) is 99.4 Å². The maximum atomic E-state index is 9.48. The van der Waals surface area contributed by atoms with E-state index >= 15 is 0 Å². The van der Waals surface area contributed by atoms with Gasteiger partial charge in [-0.25, -0.2) is 29.9 Å². The number of nitrogens with one attached hydrogen (secondary N) is 3. The van der Waals surface area contributed by atoms with Crippen molar-refractivity contribution < 1.29 is 64.5 Å². The number of nitrogens with zero attached hydrogens (tertiary/aromatic N) is 12. The van der Waals surface area contributed by atoms with E-state index in [0.717, 1.165) is 35.9 Å². The van der Waals surface area contributed by atoms with E-state index in [2.05, 4.69) is 29.9 Å². The SMILES string of the molecule is [2H]c1cc(C)c(C#N)c([2H])c1C([2H])([2H])N1C([2H])([2H])C([2H])([2H])C([2H])(N([2H])c2ncnc3sc(Cl)c([2H])c23)C([2H])([2H])C1([2H])[2H].[2H]c1nc(N([2H])C2([2H])C([2H])([2H])C([2H])([2H])N(C([2H])([2H])c3c([2H])cc(C)c(C#N)c3[2H])C([2H])([2H])C2([2H])[2H])c2c([2H])c(Cl)sc2n1.[2H]c1nc(N([2H])C2([2H])C([2H])([2H])C([2H])([2H])N(C([2H])([2H])c3c([2H])cc(C)c(C#N)c3[2H])C([2H])([2H])C2([2H])[2H])c2c([2H])c(Cl)sc2n1. The predicted octanol–water partition coefficient (Wildman–Crippen LogP) is 13.8. The topological polar surface area (TPSA) is 195 Å². The van der Waals surface area contributed by atoms with Gasteiger partial charge in [0.15, 0.2) is 4.24 Å². The Morgan fingerprint density at radius 2 is 0.840 bits per heavy atom. The molecule has 0 unspecified atom stereocenters. The van der Waals surface area contributed by atoms with Gasteiger partial charge in [0.2, 0.25) is 0 Å². The molecule has 0 amide bonds. The Hall–Kier alpha value is -6.60. The Bertz CT molecular complexity index is 5890. The van der Waals surface area contributed by atoms with Gasteiger partial charge in [-0.2, -0.15) is 15.8 Å². The molecule has 3 saturated heterocycles. The smallest absolute Gasteiger partial charge is 0.162 e. The molecular formula is C60H60Cl3N15S3. The van der Waals surface area contributed by atoms with Crippen molar-refractivity contribution in [3.05, 3.63) is 155 Å². The number of halogens is 3. The van der Waals surface area contributed by atoms with Crippen LogP contribution in [0.15, 0.2) is 91.5 Å². The lowest BCUT2D eigenvalue weighted by Crippen LogP contribution is -2.38. The summed E-state index contributed by atoms with van der Waals surface area (Å²) in [5.41, 5.74) is -4.20. The lowest BCUT2D eigenvalue weighted by molar-refractivity contribution is 0.211. The third kappa shape index (κ3) is 14.9. The van der Waals surface area contributed by atoms with E-state index < -0.39 is 258 Å². The highest BCUT2D eigenvalue weighted by Crippen LogP contribution is 2.35. The number of benzene rings is 3. The quantitative estimate of drug-likeness (QED) is 0.104. The third-order valence-electron chi connectivity index (χ3n) is 10.1. The monoisotopic (exact) mass is 1240 g/mol. The van der Waals surface area contributed by atoms with Gasteiger partial charge in [-0.15, -0.1) is 34.0 Å². The van der Waals surface area contributed by atoms with Crippen molar-refractivity contribution >= 4 is 117 Å². The number of hydrogen-bond donors (Lipinski definition) is 3. The number of hydrogen-bond acceptors (Lipinski definition) is 18. The highest BCUT2D eigenvalue weighted by Gasteiger charge is 2.24. The summed E-state index contributed by atoms with van der Waals surface area (Å²) in [7, 11) is 0. The fourth-order valence-corrected chi connectivity index (χ4v) is 9.24. The van der Waals surface area contributed by atoms with E-state index in [0.29, 0.717) is 22.7 Å². The van der Waals surface area contributed by atoms with Crippen LogP contribution in [0.25, 0.3) is 30.6 Å². The Labute approximate surface area is 565 Å². The summed E-state index contributed by atoms with van der Waals surface area (Å²) >= 11 is 20.1. The van der Waals surface area contributed by atoms with E-state index in [1.165, 1.54) is 20.8 Å². The molecule has 81 heavy (non-hydrogen) atoms. The van der Waals surface area contributed by atoms with Gasteiger partial charge in [-0.3, -0.25) is 14.7 Å². The van der Waals surface area contributed by atoms with Crippen molar-refractivity contribution in [3.63, 3.8) is 0 Å². The summed E-state index contributed by atoms with van der Waals surface area (Å²) in [6, 6.07) is -10.6. The minimum Gasteiger partial charge on any atom is -0.367 e. The minimum absolute atomic E-state index is 0.00428. The summed E-state index contributed by atoms with van der Waals surface area (Å²) in [6.45, 7) is -31.1. The maximum absolute atomic E-state index is 9.48. The number of nitriles is 3. The Balaban J connectivity index is 0.000000200. The number of fused-ring (bicyclic) bond motifs is 3. The number of rotatable bonds is 12. The van der Waals surface area contributed by atoms with E-state index in [-0.39, 0.29) is 65.5 Å². The van der Waals surface area contributed by atoms with Crippen molar-refractivity contribution in [2.75, 3.05) is 54.9 Å². The number of aromatic nitrogens is 6. The lowest BCUT2D eigenvalue weighted by atomic mass is 10.0. The molecule has 3 fully saturated rings. The highest BCUT2D eigenvalue weighted by molar-refractivity contribution is 7.23. The van der Waals surface area contributed by atoms with Crippen molar-refractivity contribution in [3.8, 4) is 18.2 Å². The van der Waals surface area contributed by atoms with Crippen LogP contribution in [-0.4, -0.2) is 102 Å². The first-order valence-corrected chi connectivity index (χ1v) is 25.9. The van der Waals surface area contributed by atoms with E-state index in [1.807, 2.05) is 0 Å². The van der Waals surface area contributed by atoms with Gasteiger partial charge in [0.1, 0.15) is 53.6 Å². The molecule has 3 aromatic carbocycles. The highest BCUT2D eigenvalue weighted by atomic mass is 35.5. The number of aryl methyl sites for hydroxylation is 3. The first-order chi connectivity index (χ1) is 57.7. The molecule has 6 aromatic heterocycles. The van der Waals surface area contributed by atoms with Crippen LogP contribution in [0.5, 0.6) is 0 Å². The number of thiophene rings is 3. The molecule has 0 aliphatic carbocycles. The first kappa shape index (κ1) is 23.6. The zero-order chi connectivity index (χ0) is 98.3. The molecule has 3 aliphatic heterocycles. The average molecular weight is 1240 g/mol. The second kappa shape index (κ2) is 27.0. The van der Waals surface area contributed by atoms with Gasteiger partial charge in [0, 0.05) is 118 Å². The molecule has 9 heterocycles. The number of piperidine rings is 3. The molecule has 3 N–H and O–H groups in total. The minimum atomic E-state index is -4.06. The first-order valence-electron chi connectivity index (χ1n) is 45.6. The van der Waals surface area contributed by atoms with Crippen LogP contribution in [0.1, 0.15) is 149 Å². The molecule has 12 rings (SSSR count). The average Bonchev–Trinajstić information content (AvgIpc) is 0.691. The summed E-state index contributed by atoms with van der Waals surface area (Å²) in [5, 5.41) is 26.5. The van der Waals surface area contributed by atoms with E-state index in [1.54, 1.807) is 18.2 Å². The van der Waals surface area contributed by atoms with E-state index in [9.17, 15) is 15.8 Å². The summed E-state index contributed by atoms with van der Waals surface area (Å²) < 4.78 is 404. The van der Waals surface area contributed by atoms with Crippen LogP contribution < -0.4 is 15.9 Å². The molecule has 21 heteroatoms. The van der Waals surface area contributed by atoms with Crippen LogP contribution in [0.2, 0.25) is 17.2 Å². The van der Waals surface area contributed by atoms with Crippen LogP contribution in [0.4, 0.5) is 17.5 Å². The third-order valence-corrected chi connectivity index (χ3v) is 13.4. The molecule has 15 nitrogen and oxygen atoms in total. The zero-order valence-corrected chi connectivity index (χ0v) is 45.6. The van der Waals surface area contributed by atoms with Crippen LogP contribution in [0.3, 0.4) is 0 Å². The molecule has 0 spiro atoms. The lowest BCUT2D eigenvalue weighted by Gasteiger charge is -2.32. The van der Waals surface area contributed by atoms with Crippen LogP contribution >= 0.6 is 68.8 Å². The molecular weight excluding hydrogens is 1130 g/mol. The second-order valence-corrected chi connectivity index (χ2v) is 20.4. The summed E-state index contributed by atoms with van der Waals surface area (Å²) in [4.78, 5) is 20.7. The molecule has 9 aromatic rings. The number of anilines is 3. The fourth-order valence-electron chi connectivity index (χ4n) is 6.32. The molecule has 414 valence electrons. The van der Waals surface area contributed by atoms with Gasteiger partial charge < -0.3 is 15.9 Å². The Morgan fingerprint density at radius 3 is 1.16 bits per heavy atom. The van der Waals surface area contributed by atoms with Crippen molar-refractivity contribution in [2.45, 2.75) is 96.6 Å². The summed E-state index contributed by atoms with van der Waals surface area (Å²) in [6.07, 6.45) is -25.0. The maximum Gasteiger partial charge on any atom is 0.162 e. The normalized spacial score (nSPS) is 33.3. The second-order valence-electron chi connectivity index (χ2n) is 15.6. The largest absolute Gasteiger partial charge is 0.367 e. The van der Waals surface area contributed by atoms with Gasteiger partial charge >= 0.3 is 0 Å². The standard InChI is InChI=1S/3C20H20ClN5S/c3*1-13-2-3-14(8-15(13)10-22)11-26-6-4-16(5-7-26)25-19-17-9-18(21)27-20(17)24-12-23-19/h3*2-3,8-9,12,16H,4-7,11H2,1H3,(H,23,24,25)/i2*3D,4D2,5D2,6D2,7D2,8D,9D,11D2,12D,16D;3D,4D2,5D2,6D2,7D2,8D,9D,11D2,16D/hD3. The van der Waals surface area contributed by atoms with Gasteiger partial charge in [-0.1, -0.05) is 71.1 Å². The van der Waals surface area contributed by atoms with Crippen molar-refractivity contribution in [1.82, 2.24) is 44.6 Å². The molecule has 0 radical (unpaired) electrons. The Morgan fingerprint density at radius 1 is 0.531 bits per heavy atom. The fraction of sp³-hybridized carbons (Fsp3) is 0.350. The summed E-state index contributed by atoms with van der Waals surface area (Å²) in [5.74, 6) is -2.60. The molecule has 3 aliphatic rings. The van der Waals surface area contributed by atoms with Gasteiger partial charge in [0.25, 0.3) is 0 Å². The van der Waals surface area contributed by atoms with Gasteiger partial charge in [-0.05, 0) is 129 Å². The zero-order valence-electron chi connectivity index (χ0n) is 87.9. The van der Waals surface area contributed by atoms with Gasteiger partial charge in [0.05, 0.1) is 80.5 Å².